The standard InChI is InChI=1S/C20H23N3O6/c1-20(2,3)29-19(27)22-14(18(26)28-15-9-16(24)23-17(15)25)8-11-10-21-13-7-5-4-6-12(11)13/h4-7,10,14-15,21H,8-9H2,1-3H3,(H,22,27)(H,23,24,25)/t14-,15?/m0/s1. The van der Waals surface area contributed by atoms with Gasteiger partial charge in [0.05, 0.1) is 6.42 Å². The molecule has 1 unspecified atom stereocenters. The van der Waals surface area contributed by atoms with E-state index in [1.54, 1.807) is 27.0 Å². The molecule has 3 N–H and O–H groups in total. The van der Waals surface area contributed by atoms with Crippen LogP contribution in [0.2, 0.25) is 0 Å². The van der Waals surface area contributed by atoms with Crippen LogP contribution in [0.25, 0.3) is 10.9 Å². The van der Waals surface area contributed by atoms with Crippen molar-refractivity contribution >= 4 is 34.8 Å². The Morgan fingerprint density at radius 2 is 1.97 bits per heavy atom. The molecule has 3 amide bonds. The predicted octanol–water partition coefficient (Wildman–Crippen LogP) is 1.56. The third-order valence-electron chi connectivity index (χ3n) is 4.26. The lowest BCUT2D eigenvalue weighted by Gasteiger charge is -2.23. The van der Waals surface area contributed by atoms with Crippen LogP contribution in [-0.2, 0) is 30.3 Å². The number of hydrogen-bond acceptors (Lipinski definition) is 6. The van der Waals surface area contributed by atoms with Crippen molar-refractivity contribution in [3.63, 3.8) is 0 Å². The molecule has 9 heteroatoms. The van der Waals surface area contributed by atoms with Gasteiger partial charge < -0.3 is 19.8 Å². The molecule has 154 valence electrons. The van der Waals surface area contributed by atoms with Crippen LogP contribution in [0.15, 0.2) is 30.5 Å². The van der Waals surface area contributed by atoms with E-state index in [0.717, 1.165) is 16.5 Å². The minimum absolute atomic E-state index is 0.115. The molecule has 1 saturated heterocycles. The molecule has 1 fully saturated rings. The zero-order chi connectivity index (χ0) is 21.2. The van der Waals surface area contributed by atoms with E-state index in [0.29, 0.717) is 0 Å². The summed E-state index contributed by atoms with van der Waals surface area (Å²) in [6, 6.07) is 6.42. The second kappa shape index (κ2) is 7.94. The minimum atomic E-state index is -1.21. The number of hydrogen-bond donors (Lipinski definition) is 3. The molecule has 1 aromatic heterocycles. The zero-order valence-electron chi connectivity index (χ0n) is 16.4. The summed E-state index contributed by atoms with van der Waals surface area (Å²) in [5, 5.41) is 5.48. The second-order valence-electron chi connectivity index (χ2n) is 7.80. The molecule has 9 nitrogen and oxygen atoms in total. The average molecular weight is 401 g/mol. The summed E-state index contributed by atoms with van der Waals surface area (Å²) in [6.45, 7) is 5.11. The van der Waals surface area contributed by atoms with Crippen LogP contribution in [0.4, 0.5) is 4.79 Å². The SMILES string of the molecule is CC(C)(C)OC(=O)N[C@@H](Cc1c[nH]c2ccccc12)C(=O)OC1CC(=O)NC1=O. The Kier molecular flexibility index (Phi) is 5.58. The van der Waals surface area contributed by atoms with Crippen molar-refractivity contribution < 1.29 is 28.7 Å². The third-order valence-corrected chi connectivity index (χ3v) is 4.26. The van der Waals surface area contributed by atoms with Gasteiger partial charge in [-0.25, -0.2) is 9.59 Å². The molecular formula is C20H23N3O6. The highest BCUT2D eigenvalue weighted by molar-refractivity contribution is 6.05. The maximum absolute atomic E-state index is 12.7. The topological polar surface area (TPSA) is 127 Å². The van der Waals surface area contributed by atoms with Crippen LogP contribution in [-0.4, -0.2) is 46.6 Å². The number of esters is 1. The molecular weight excluding hydrogens is 378 g/mol. The van der Waals surface area contributed by atoms with Gasteiger partial charge in [0.1, 0.15) is 11.6 Å². The van der Waals surface area contributed by atoms with E-state index in [4.69, 9.17) is 9.47 Å². The zero-order valence-corrected chi connectivity index (χ0v) is 16.4. The first-order valence-corrected chi connectivity index (χ1v) is 9.21. The predicted molar refractivity (Wildman–Crippen MR) is 103 cm³/mol. The van der Waals surface area contributed by atoms with Crippen molar-refractivity contribution in [3.8, 4) is 0 Å². The number of aromatic nitrogens is 1. The van der Waals surface area contributed by atoms with Gasteiger partial charge in [-0.1, -0.05) is 18.2 Å². The molecule has 0 saturated carbocycles. The summed E-state index contributed by atoms with van der Waals surface area (Å²) >= 11 is 0. The largest absolute Gasteiger partial charge is 0.450 e. The summed E-state index contributed by atoms with van der Waals surface area (Å²) < 4.78 is 10.4. The van der Waals surface area contributed by atoms with Crippen molar-refractivity contribution in [2.45, 2.75) is 51.4 Å². The summed E-state index contributed by atoms with van der Waals surface area (Å²) in [6.07, 6.45) is -0.374. The quantitative estimate of drug-likeness (QED) is 0.516. The van der Waals surface area contributed by atoms with Crippen molar-refractivity contribution in [1.82, 2.24) is 15.6 Å². The first-order chi connectivity index (χ1) is 13.6. The van der Waals surface area contributed by atoms with Gasteiger partial charge in [0.2, 0.25) is 5.91 Å². The van der Waals surface area contributed by atoms with Crippen LogP contribution in [0.3, 0.4) is 0 Å². The Morgan fingerprint density at radius 3 is 2.62 bits per heavy atom. The number of carbonyl (C=O) groups is 4. The molecule has 3 rings (SSSR count). The number of imide groups is 1. The molecule has 0 spiro atoms. The fourth-order valence-corrected chi connectivity index (χ4v) is 3.01. The monoisotopic (exact) mass is 401 g/mol. The highest BCUT2D eigenvalue weighted by Crippen LogP contribution is 2.20. The summed E-state index contributed by atoms with van der Waals surface area (Å²) in [7, 11) is 0. The number of carbonyl (C=O) groups excluding carboxylic acids is 4. The van der Waals surface area contributed by atoms with Crippen LogP contribution < -0.4 is 10.6 Å². The number of rotatable bonds is 5. The van der Waals surface area contributed by atoms with Gasteiger partial charge in [0, 0.05) is 23.5 Å². The van der Waals surface area contributed by atoms with Gasteiger partial charge in [-0.2, -0.15) is 0 Å². The van der Waals surface area contributed by atoms with Crippen molar-refractivity contribution in [2.24, 2.45) is 0 Å². The van der Waals surface area contributed by atoms with E-state index in [9.17, 15) is 19.2 Å². The molecule has 1 aliphatic rings. The molecule has 2 atom stereocenters. The van der Waals surface area contributed by atoms with Gasteiger partial charge in [-0.3, -0.25) is 14.9 Å². The molecule has 1 aliphatic heterocycles. The Labute approximate surface area is 167 Å². The molecule has 2 aromatic rings. The number of benzene rings is 1. The van der Waals surface area contributed by atoms with Crippen molar-refractivity contribution in [1.29, 1.82) is 0 Å². The second-order valence-corrected chi connectivity index (χ2v) is 7.80. The number of H-pyrrole nitrogens is 1. The van der Waals surface area contributed by atoms with Crippen molar-refractivity contribution in [3.05, 3.63) is 36.0 Å². The van der Waals surface area contributed by atoms with Gasteiger partial charge in [-0.15, -0.1) is 0 Å². The number of ether oxygens (including phenoxy) is 2. The van der Waals surface area contributed by atoms with Gasteiger partial charge in [-0.05, 0) is 32.4 Å². The number of fused-ring (bicyclic) bond motifs is 1. The van der Waals surface area contributed by atoms with Crippen LogP contribution in [0.5, 0.6) is 0 Å². The molecule has 0 radical (unpaired) electrons. The average Bonchev–Trinajstić information content (AvgIpc) is 3.15. The molecule has 0 bridgehead atoms. The number of nitrogens with one attached hydrogen (secondary N) is 3. The van der Waals surface area contributed by atoms with Crippen LogP contribution >= 0.6 is 0 Å². The lowest BCUT2D eigenvalue weighted by Crippen LogP contribution is -2.46. The van der Waals surface area contributed by atoms with E-state index >= 15 is 0 Å². The Bertz CT molecular complexity index is 959. The van der Waals surface area contributed by atoms with E-state index in [2.05, 4.69) is 15.6 Å². The third kappa shape index (κ3) is 5.13. The Morgan fingerprint density at radius 1 is 1.24 bits per heavy atom. The maximum atomic E-state index is 12.7. The Hall–Kier alpha value is -3.36. The normalized spacial score (nSPS) is 17.7. The first kappa shape index (κ1) is 20.4. The fourth-order valence-electron chi connectivity index (χ4n) is 3.01. The number of alkyl carbamates (subject to hydrolysis) is 1. The van der Waals surface area contributed by atoms with E-state index in [-0.39, 0.29) is 12.8 Å². The molecule has 1 aromatic carbocycles. The van der Waals surface area contributed by atoms with Crippen LogP contribution in [0.1, 0.15) is 32.8 Å². The first-order valence-electron chi connectivity index (χ1n) is 9.21. The van der Waals surface area contributed by atoms with E-state index < -0.39 is 41.6 Å². The lowest BCUT2D eigenvalue weighted by atomic mass is 10.0. The van der Waals surface area contributed by atoms with E-state index in [1.807, 2.05) is 24.3 Å². The van der Waals surface area contributed by atoms with Crippen molar-refractivity contribution in [2.75, 3.05) is 0 Å². The number of para-hydroxylation sites is 1. The number of amides is 3. The molecule has 29 heavy (non-hydrogen) atoms. The smallest absolute Gasteiger partial charge is 0.408 e. The van der Waals surface area contributed by atoms with E-state index in [1.165, 1.54) is 0 Å². The number of aromatic amines is 1. The molecule has 0 aliphatic carbocycles. The highest BCUT2D eigenvalue weighted by Gasteiger charge is 2.36. The summed E-state index contributed by atoms with van der Waals surface area (Å²) in [5.74, 6) is -2.01. The summed E-state index contributed by atoms with van der Waals surface area (Å²) in [5.41, 5.74) is 0.912. The highest BCUT2D eigenvalue weighted by atomic mass is 16.6. The lowest BCUT2D eigenvalue weighted by molar-refractivity contribution is -0.156. The summed E-state index contributed by atoms with van der Waals surface area (Å²) in [4.78, 5) is 51.1. The minimum Gasteiger partial charge on any atom is -0.450 e. The fraction of sp³-hybridized carbons (Fsp3) is 0.400. The van der Waals surface area contributed by atoms with Gasteiger partial charge >= 0.3 is 12.1 Å². The van der Waals surface area contributed by atoms with Gasteiger partial charge in [0.15, 0.2) is 6.10 Å². The Balaban J connectivity index is 1.79. The maximum Gasteiger partial charge on any atom is 0.408 e. The van der Waals surface area contributed by atoms with Crippen LogP contribution in [0, 0.1) is 0 Å². The molecule has 2 heterocycles. The van der Waals surface area contributed by atoms with Gasteiger partial charge in [0.25, 0.3) is 5.91 Å².